The summed E-state index contributed by atoms with van der Waals surface area (Å²) < 4.78 is 0. The lowest BCUT2D eigenvalue weighted by Crippen LogP contribution is -2.53. The molecule has 88 valence electrons. The fraction of sp³-hybridized carbons (Fsp3) is 0.909. The van der Waals surface area contributed by atoms with Crippen molar-refractivity contribution < 1.29 is 4.79 Å². The van der Waals surface area contributed by atoms with Crippen molar-refractivity contribution in [3.63, 3.8) is 0 Å². The molecule has 0 aromatic rings. The van der Waals surface area contributed by atoms with E-state index in [0.717, 1.165) is 45.2 Å². The Kier molecular flexibility index (Phi) is 5.05. The molecule has 0 saturated carbocycles. The Balaban J connectivity index is 2.31. The number of hydrogen-bond acceptors (Lipinski definition) is 3. The average Bonchev–Trinajstić information content (AvgIpc) is 2.74. The van der Waals surface area contributed by atoms with Crippen LogP contribution >= 0.6 is 0 Å². The molecule has 1 rings (SSSR count). The molecule has 1 unspecified atom stereocenters. The Bertz CT molecular complexity index is 200. The molecule has 1 fully saturated rings. The lowest BCUT2D eigenvalue weighted by atomic mass is 9.93. The van der Waals surface area contributed by atoms with Crippen molar-refractivity contribution in [3.8, 4) is 0 Å². The molecule has 0 aliphatic carbocycles. The molecule has 4 nitrogen and oxygen atoms in total. The van der Waals surface area contributed by atoms with E-state index < -0.39 is 0 Å². The van der Waals surface area contributed by atoms with Crippen LogP contribution in [0, 0.1) is 0 Å². The molecule has 0 aromatic carbocycles. The zero-order chi connectivity index (χ0) is 11.1. The summed E-state index contributed by atoms with van der Waals surface area (Å²) in [5.74, 6) is 0.166. The van der Waals surface area contributed by atoms with Crippen LogP contribution in [-0.4, -0.2) is 31.1 Å². The van der Waals surface area contributed by atoms with E-state index in [1.165, 1.54) is 0 Å². The van der Waals surface area contributed by atoms with Gasteiger partial charge in [-0.25, -0.2) is 0 Å². The molecule has 0 spiro atoms. The smallest absolute Gasteiger partial charge is 0.240 e. The molecule has 1 aliphatic rings. The summed E-state index contributed by atoms with van der Waals surface area (Å²) in [7, 11) is 0. The number of carbonyl (C=O) groups is 1. The van der Waals surface area contributed by atoms with Crippen LogP contribution in [0.1, 0.15) is 39.0 Å². The van der Waals surface area contributed by atoms with E-state index in [1.54, 1.807) is 0 Å². The first kappa shape index (κ1) is 12.5. The van der Waals surface area contributed by atoms with E-state index in [9.17, 15) is 4.79 Å². The standard InChI is InChI=1S/C11H23N3O/c1-2-11(6-5-9-14-11)10(15)13-8-4-3-7-12/h14H,2-9,12H2,1H3,(H,13,15). The second kappa shape index (κ2) is 6.08. The van der Waals surface area contributed by atoms with Crippen molar-refractivity contribution in [2.75, 3.05) is 19.6 Å². The topological polar surface area (TPSA) is 67.2 Å². The van der Waals surface area contributed by atoms with Crippen LogP contribution < -0.4 is 16.4 Å². The maximum atomic E-state index is 12.0. The number of hydrogen-bond donors (Lipinski definition) is 3. The first-order valence-corrected chi connectivity index (χ1v) is 5.98. The maximum Gasteiger partial charge on any atom is 0.240 e. The van der Waals surface area contributed by atoms with Gasteiger partial charge in [0.25, 0.3) is 0 Å². The highest BCUT2D eigenvalue weighted by Crippen LogP contribution is 2.22. The number of carbonyl (C=O) groups excluding carboxylic acids is 1. The largest absolute Gasteiger partial charge is 0.354 e. The molecule has 0 aromatic heterocycles. The van der Waals surface area contributed by atoms with Gasteiger partial charge in [-0.15, -0.1) is 0 Å². The number of nitrogens with two attached hydrogens (primary N) is 1. The highest BCUT2D eigenvalue weighted by Gasteiger charge is 2.38. The van der Waals surface area contributed by atoms with E-state index in [-0.39, 0.29) is 11.4 Å². The molecule has 1 aliphatic heterocycles. The van der Waals surface area contributed by atoms with Crippen molar-refractivity contribution in [2.24, 2.45) is 5.73 Å². The van der Waals surface area contributed by atoms with Gasteiger partial charge in [0.15, 0.2) is 0 Å². The molecule has 4 N–H and O–H groups in total. The number of unbranched alkanes of at least 4 members (excludes halogenated alkanes) is 1. The summed E-state index contributed by atoms with van der Waals surface area (Å²) in [6.07, 6.45) is 4.89. The van der Waals surface area contributed by atoms with Gasteiger partial charge in [-0.05, 0) is 45.2 Å². The van der Waals surface area contributed by atoms with Crippen LogP contribution in [0.5, 0.6) is 0 Å². The van der Waals surface area contributed by atoms with Gasteiger partial charge >= 0.3 is 0 Å². The van der Waals surface area contributed by atoms with Crippen molar-refractivity contribution in [1.82, 2.24) is 10.6 Å². The Morgan fingerprint density at radius 2 is 2.33 bits per heavy atom. The molecule has 15 heavy (non-hydrogen) atoms. The zero-order valence-electron chi connectivity index (χ0n) is 9.64. The molecular formula is C11H23N3O. The molecule has 1 heterocycles. The predicted molar refractivity (Wildman–Crippen MR) is 61.6 cm³/mol. The lowest BCUT2D eigenvalue weighted by Gasteiger charge is -2.26. The second-order valence-electron chi connectivity index (χ2n) is 4.22. The third-order valence-electron chi connectivity index (χ3n) is 3.20. The predicted octanol–water partition coefficient (Wildman–Crippen LogP) is 0.374. The van der Waals surface area contributed by atoms with Gasteiger partial charge in [0.2, 0.25) is 5.91 Å². The van der Waals surface area contributed by atoms with Gasteiger partial charge in [0.05, 0.1) is 5.54 Å². The fourth-order valence-electron chi connectivity index (χ4n) is 2.10. The Labute approximate surface area is 92.0 Å². The summed E-state index contributed by atoms with van der Waals surface area (Å²) >= 11 is 0. The first-order chi connectivity index (χ1) is 7.25. The van der Waals surface area contributed by atoms with E-state index in [0.29, 0.717) is 6.54 Å². The van der Waals surface area contributed by atoms with E-state index in [4.69, 9.17) is 5.73 Å². The molecule has 1 saturated heterocycles. The van der Waals surface area contributed by atoms with Gasteiger partial charge in [0, 0.05) is 6.54 Å². The molecule has 1 atom stereocenters. The first-order valence-electron chi connectivity index (χ1n) is 5.98. The number of rotatable bonds is 6. The van der Waals surface area contributed by atoms with Crippen LogP contribution in [0.3, 0.4) is 0 Å². The molecule has 0 radical (unpaired) electrons. The summed E-state index contributed by atoms with van der Waals surface area (Å²) in [4.78, 5) is 12.0. The zero-order valence-corrected chi connectivity index (χ0v) is 9.64. The molecular weight excluding hydrogens is 190 g/mol. The van der Waals surface area contributed by atoms with E-state index in [1.807, 2.05) is 0 Å². The summed E-state index contributed by atoms with van der Waals surface area (Å²) in [6, 6.07) is 0. The molecule has 4 heteroatoms. The normalized spacial score (nSPS) is 25.5. The van der Waals surface area contributed by atoms with Crippen LogP contribution in [0.25, 0.3) is 0 Å². The van der Waals surface area contributed by atoms with Gasteiger partial charge < -0.3 is 16.4 Å². The minimum absolute atomic E-state index is 0.166. The van der Waals surface area contributed by atoms with Crippen LogP contribution in [0.2, 0.25) is 0 Å². The molecule has 1 amide bonds. The van der Waals surface area contributed by atoms with E-state index >= 15 is 0 Å². The highest BCUT2D eigenvalue weighted by molar-refractivity contribution is 5.86. The summed E-state index contributed by atoms with van der Waals surface area (Å²) in [5, 5.41) is 6.32. The minimum atomic E-state index is -0.289. The van der Waals surface area contributed by atoms with Gasteiger partial charge in [0.1, 0.15) is 0 Å². The van der Waals surface area contributed by atoms with Crippen LogP contribution in [-0.2, 0) is 4.79 Å². The third kappa shape index (κ3) is 3.18. The van der Waals surface area contributed by atoms with Crippen molar-refractivity contribution >= 4 is 5.91 Å². The number of nitrogens with one attached hydrogen (secondary N) is 2. The third-order valence-corrected chi connectivity index (χ3v) is 3.20. The van der Waals surface area contributed by atoms with Crippen molar-refractivity contribution in [1.29, 1.82) is 0 Å². The van der Waals surface area contributed by atoms with E-state index in [2.05, 4.69) is 17.6 Å². The average molecular weight is 213 g/mol. The van der Waals surface area contributed by atoms with Gasteiger partial charge in [-0.3, -0.25) is 4.79 Å². The SMILES string of the molecule is CCC1(C(=O)NCCCCN)CCCN1. The number of amides is 1. The fourth-order valence-corrected chi connectivity index (χ4v) is 2.10. The Hall–Kier alpha value is -0.610. The van der Waals surface area contributed by atoms with Gasteiger partial charge in [-0.2, -0.15) is 0 Å². The Morgan fingerprint density at radius 3 is 2.87 bits per heavy atom. The maximum absolute atomic E-state index is 12.0. The second-order valence-corrected chi connectivity index (χ2v) is 4.22. The van der Waals surface area contributed by atoms with Crippen LogP contribution in [0.4, 0.5) is 0 Å². The monoisotopic (exact) mass is 213 g/mol. The Morgan fingerprint density at radius 1 is 1.53 bits per heavy atom. The molecule has 0 bridgehead atoms. The van der Waals surface area contributed by atoms with Crippen molar-refractivity contribution in [3.05, 3.63) is 0 Å². The summed E-state index contributed by atoms with van der Waals surface area (Å²) in [5.41, 5.74) is 5.11. The highest BCUT2D eigenvalue weighted by atomic mass is 16.2. The van der Waals surface area contributed by atoms with Gasteiger partial charge in [-0.1, -0.05) is 6.92 Å². The lowest BCUT2D eigenvalue weighted by molar-refractivity contribution is -0.127. The quantitative estimate of drug-likeness (QED) is 0.559. The van der Waals surface area contributed by atoms with Crippen LogP contribution in [0.15, 0.2) is 0 Å². The summed E-state index contributed by atoms with van der Waals surface area (Å²) in [6.45, 7) is 4.48. The minimum Gasteiger partial charge on any atom is -0.354 e. The van der Waals surface area contributed by atoms with Crippen molar-refractivity contribution in [2.45, 2.75) is 44.6 Å².